The number of hydrogen-bond donors (Lipinski definition) is 5. The number of aliphatic hydroxyl groups is 2. The van der Waals surface area contributed by atoms with Gasteiger partial charge in [0.15, 0.2) is 17.7 Å². The van der Waals surface area contributed by atoms with E-state index in [1.807, 2.05) is 31.2 Å². The minimum Gasteiger partial charge on any atom is -0.403 e. The molecule has 3 aromatic heterocycles. The lowest BCUT2D eigenvalue weighted by Gasteiger charge is -2.16. The predicted molar refractivity (Wildman–Crippen MR) is 122 cm³/mol. The Labute approximate surface area is 198 Å². The van der Waals surface area contributed by atoms with E-state index in [0.717, 1.165) is 11.1 Å². The van der Waals surface area contributed by atoms with Crippen LogP contribution >= 0.6 is 0 Å². The summed E-state index contributed by atoms with van der Waals surface area (Å²) in [5, 5.41) is 34.1. The van der Waals surface area contributed by atoms with Crippen molar-refractivity contribution in [3.05, 3.63) is 42.5 Å². The van der Waals surface area contributed by atoms with Crippen LogP contribution in [0, 0.1) is 6.92 Å². The van der Waals surface area contributed by atoms with Gasteiger partial charge in [0.2, 0.25) is 11.8 Å². The van der Waals surface area contributed by atoms with Crippen LogP contribution in [0.5, 0.6) is 0 Å². The number of carbonyl (C=O) groups is 1. The third kappa shape index (κ3) is 4.54. The molecule has 4 atom stereocenters. The van der Waals surface area contributed by atoms with Gasteiger partial charge < -0.3 is 30.4 Å². The Morgan fingerprint density at radius 3 is 2.74 bits per heavy atom. The molecule has 1 amide bonds. The van der Waals surface area contributed by atoms with Crippen molar-refractivity contribution in [3.63, 3.8) is 0 Å². The Morgan fingerprint density at radius 2 is 1.94 bits per heavy atom. The fraction of sp³-hybridized carbons (Fsp3) is 0.333. The number of nitrogens with one attached hydrogen (secondary N) is 2. The van der Waals surface area contributed by atoms with Crippen molar-refractivity contribution in [2.45, 2.75) is 31.5 Å². The van der Waals surface area contributed by atoms with Crippen LogP contribution in [0.2, 0.25) is 0 Å². The molecule has 1 aliphatic rings. The van der Waals surface area contributed by atoms with Gasteiger partial charge in [-0.1, -0.05) is 22.8 Å². The average molecular weight is 481 g/mol. The predicted octanol–water partition coefficient (Wildman–Crippen LogP) is -0.386. The second kappa shape index (κ2) is 9.34. The van der Waals surface area contributed by atoms with Crippen LogP contribution in [-0.2, 0) is 9.53 Å². The van der Waals surface area contributed by atoms with Crippen LogP contribution in [-0.4, -0.2) is 77.2 Å². The Balaban J connectivity index is 1.15. The molecule has 0 aliphatic carbocycles. The van der Waals surface area contributed by atoms with Gasteiger partial charge in [-0.2, -0.15) is 0 Å². The number of nitrogens with zero attached hydrogens (tertiary/aromatic N) is 6. The lowest BCUT2D eigenvalue weighted by molar-refractivity contribution is -0.115. The van der Waals surface area contributed by atoms with Crippen LogP contribution < -0.4 is 16.4 Å². The maximum atomic E-state index is 12.3. The number of nitrogens with two attached hydrogens (primary N) is 1. The van der Waals surface area contributed by atoms with Gasteiger partial charge in [0.25, 0.3) is 0 Å². The molecule has 0 radical (unpaired) electrons. The highest BCUT2D eigenvalue weighted by Gasteiger charge is 2.44. The minimum atomic E-state index is -1.25. The Bertz CT molecular complexity index is 1340. The first-order chi connectivity index (χ1) is 16.9. The Hall–Kier alpha value is -3.98. The number of imidazole rings is 1. The van der Waals surface area contributed by atoms with Crippen LogP contribution in [0.25, 0.3) is 22.6 Å². The highest BCUT2D eigenvalue weighted by atomic mass is 16.6. The smallest absolute Gasteiger partial charge is 0.322 e. The van der Waals surface area contributed by atoms with E-state index in [9.17, 15) is 15.0 Å². The number of ether oxygens (including phenoxy) is 1. The van der Waals surface area contributed by atoms with Crippen LogP contribution in [0.15, 0.2) is 41.3 Å². The number of anilines is 2. The summed E-state index contributed by atoms with van der Waals surface area (Å²) >= 11 is 0. The molecule has 0 spiro atoms. The Morgan fingerprint density at radius 1 is 1.14 bits per heavy atom. The topological polar surface area (TPSA) is 199 Å². The molecular weight excluding hydrogens is 458 g/mol. The maximum Gasteiger partial charge on any atom is 0.322 e. The normalized spacial score (nSPS) is 22.0. The molecule has 1 aliphatic heterocycles. The molecule has 182 valence electrons. The molecule has 6 N–H and O–H groups in total. The van der Waals surface area contributed by atoms with E-state index in [4.69, 9.17) is 14.9 Å². The van der Waals surface area contributed by atoms with E-state index in [-0.39, 0.29) is 30.8 Å². The zero-order chi connectivity index (χ0) is 24.5. The summed E-state index contributed by atoms with van der Waals surface area (Å²) in [5.41, 5.74) is 8.37. The number of hydrogen-bond acceptors (Lipinski definition) is 12. The van der Waals surface area contributed by atoms with Gasteiger partial charge in [-0.3, -0.25) is 14.7 Å². The summed E-state index contributed by atoms with van der Waals surface area (Å²) in [5.74, 6) is 0.0505. The zero-order valence-electron chi connectivity index (χ0n) is 18.6. The van der Waals surface area contributed by atoms with Crippen molar-refractivity contribution in [2.75, 3.05) is 24.1 Å². The SMILES string of the molecule is Cc1ccc(-c2nnc(NC(=O)CNC[C@H]3O[C@@H](n4cnc5c(N)ncnc54)[C@H](O)[C@@H]3O)o2)cc1. The quantitative estimate of drug-likeness (QED) is 0.229. The maximum absolute atomic E-state index is 12.3. The van der Waals surface area contributed by atoms with Gasteiger partial charge in [-0.05, 0) is 19.1 Å². The summed E-state index contributed by atoms with van der Waals surface area (Å²) in [7, 11) is 0. The third-order valence-corrected chi connectivity index (χ3v) is 5.60. The van der Waals surface area contributed by atoms with E-state index in [1.165, 1.54) is 17.2 Å². The molecule has 35 heavy (non-hydrogen) atoms. The van der Waals surface area contributed by atoms with E-state index >= 15 is 0 Å². The van der Waals surface area contributed by atoms with Crippen LogP contribution in [0.3, 0.4) is 0 Å². The molecule has 0 saturated carbocycles. The number of fused-ring (bicyclic) bond motifs is 1. The number of rotatable bonds is 7. The second-order valence-corrected chi connectivity index (χ2v) is 8.09. The van der Waals surface area contributed by atoms with Crippen molar-refractivity contribution in [2.24, 2.45) is 0 Å². The highest BCUT2D eigenvalue weighted by Crippen LogP contribution is 2.31. The highest BCUT2D eigenvalue weighted by molar-refractivity contribution is 5.90. The molecule has 14 nitrogen and oxygen atoms in total. The summed E-state index contributed by atoms with van der Waals surface area (Å²) in [6.45, 7) is 1.94. The number of aromatic nitrogens is 6. The first kappa shape index (κ1) is 22.8. The van der Waals surface area contributed by atoms with Crippen LogP contribution in [0.1, 0.15) is 11.8 Å². The number of aliphatic hydroxyl groups excluding tert-OH is 2. The summed E-state index contributed by atoms with van der Waals surface area (Å²) in [6.07, 6.45) is -1.50. The molecule has 0 bridgehead atoms. The third-order valence-electron chi connectivity index (χ3n) is 5.60. The van der Waals surface area contributed by atoms with Crippen molar-refractivity contribution >= 4 is 28.9 Å². The van der Waals surface area contributed by atoms with E-state index in [2.05, 4.69) is 35.8 Å². The van der Waals surface area contributed by atoms with E-state index in [0.29, 0.717) is 11.2 Å². The molecular formula is C21H23N9O5. The van der Waals surface area contributed by atoms with Gasteiger partial charge in [-0.25, -0.2) is 15.0 Å². The standard InChI is InChI=1S/C21H23N9O5/c1-10-2-4-11(5-3-10)19-28-29-21(35-19)27-13(31)7-23-6-12-15(32)16(33)20(34-12)30-9-26-14-17(22)24-8-25-18(14)30/h2-5,8-9,12,15-16,20,23,32-33H,6-7H2,1H3,(H2,22,24,25)(H,27,29,31)/t12-,15-,16-,20-/m1/s1. The van der Waals surface area contributed by atoms with Gasteiger partial charge in [0.05, 0.1) is 12.9 Å². The second-order valence-electron chi connectivity index (χ2n) is 8.09. The summed E-state index contributed by atoms with van der Waals surface area (Å²) in [4.78, 5) is 24.4. The summed E-state index contributed by atoms with van der Waals surface area (Å²) < 4.78 is 12.8. The van der Waals surface area contributed by atoms with Crippen molar-refractivity contribution in [1.82, 2.24) is 35.0 Å². The average Bonchev–Trinajstić information content (AvgIpc) is 3.55. The molecule has 4 aromatic rings. The first-order valence-electron chi connectivity index (χ1n) is 10.8. The number of carbonyl (C=O) groups excluding carboxylic acids is 1. The van der Waals surface area contributed by atoms with Gasteiger partial charge in [0.1, 0.15) is 30.2 Å². The number of benzene rings is 1. The van der Waals surface area contributed by atoms with E-state index in [1.54, 1.807) is 0 Å². The molecule has 0 unspecified atom stereocenters. The molecule has 1 saturated heterocycles. The molecule has 1 aromatic carbocycles. The minimum absolute atomic E-state index is 0.0340. The molecule has 1 fully saturated rings. The van der Waals surface area contributed by atoms with Gasteiger partial charge in [0, 0.05) is 12.1 Å². The van der Waals surface area contributed by atoms with Gasteiger partial charge in [-0.15, -0.1) is 5.10 Å². The largest absolute Gasteiger partial charge is 0.403 e. The lowest BCUT2D eigenvalue weighted by atomic mass is 10.1. The molecule has 5 rings (SSSR count). The van der Waals surface area contributed by atoms with Crippen LogP contribution in [0.4, 0.5) is 11.8 Å². The molecule has 14 heteroatoms. The first-order valence-corrected chi connectivity index (χ1v) is 10.8. The zero-order valence-corrected chi connectivity index (χ0v) is 18.6. The lowest BCUT2D eigenvalue weighted by Crippen LogP contribution is -2.40. The summed E-state index contributed by atoms with van der Waals surface area (Å²) in [6, 6.07) is 7.49. The van der Waals surface area contributed by atoms with Crippen molar-refractivity contribution in [3.8, 4) is 11.5 Å². The monoisotopic (exact) mass is 481 g/mol. The fourth-order valence-corrected chi connectivity index (χ4v) is 3.76. The Kier molecular flexibility index (Phi) is 6.08. The van der Waals surface area contributed by atoms with Crippen molar-refractivity contribution in [1.29, 1.82) is 0 Å². The fourth-order valence-electron chi connectivity index (χ4n) is 3.76. The van der Waals surface area contributed by atoms with Crippen molar-refractivity contribution < 1.29 is 24.2 Å². The number of aryl methyl sites for hydroxylation is 1. The van der Waals surface area contributed by atoms with E-state index < -0.39 is 30.4 Å². The number of amides is 1. The molecule has 4 heterocycles. The van der Waals surface area contributed by atoms with Gasteiger partial charge >= 0.3 is 6.01 Å². The number of nitrogen functional groups attached to an aromatic ring is 1.